The summed E-state index contributed by atoms with van der Waals surface area (Å²) in [6.45, 7) is 2.77. The Labute approximate surface area is 115 Å². The molecule has 20 heavy (non-hydrogen) atoms. The van der Waals surface area contributed by atoms with E-state index in [4.69, 9.17) is 5.11 Å². The Balaban J connectivity index is 2.99. The first-order chi connectivity index (χ1) is 9.16. The van der Waals surface area contributed by atoms with E-state index < -0.39 is 45.0 Å². The van der Waals surface area contributed by atoms with E-state index in [1.807, 2.05) is 4.72 Å². The number of halogens is 2. The minimum Gasteiger partial charge on any atom is -0.481 e. The van der Waals surface area contributed by atoms with Crippen LogP contribution in [0.4, 0.5) is 8.78 Å². The van der Waals surface area contributed by atoms with Crippen LogP contribution in [0, 0.1) is 23.5 Å². The Morgan fingerprint density at radius 1 is 1.30 bits per heavy atom. The monoisotopic (exact) mass is 307 g/mol. The molecule has 0 aliphatic carbocycles. The normalized spacial score (nSPS) is 13.4. The van der Waals surface area contributed by atoms with Crippen molar-refractivity contribution in [1.82, 2.24) is 4.72 Å². The molecule has 112 valence electrons. The highest BCUT2D eigenvalue weighted by Gasteiger charge is 2.27. The first-order valence-corrected chi connectivity index (χ1v) is 7.31. The average molecular weight is 307 g/mol. The fourth-order valence-corrected chi connectivity index (χ4v) is 2.81. The molecule has 1 rings (SSSR count). The van der Waals surface area contributed by atoms with Crippen molar-refractivity contribution in [2.24, 2.45) is 11.8 Å². The van der Waals surface area contributed by atoms with Crippen molar-refractivity contribution in [3.05, 3.63) is 29.8 Å². The molecular formula is C12H15F2NO4S. The Bertz CT molecular complexity index is 581. The third-order valence-corrected chi connectivity index (χ3v) is 4.28. The molecule has 0 spiro atoms. The quantitative estimate of drug-likeness (QED) is 0.836. The van der Waals surface area contributed by atoms with E-state index in [1.165, 1.54) is 0 Å². The van der Waals surface area contributed by atoms with Crippen LogP contribution in [0.5, 0.6) is 0 Å². The maximum absolute atomic E-state index is 13.4. The number of carboxylic acids is 1. The highest BCUT2D eigenvalue weighted by molar-refractivity contribution is 7.89. The van der Waals surface area contributed by atoms with Crippen molar-refractivity contribution in [2.45, 2.75) is 18.7 Å². The molecule has 0 aliphatic rings. The second kappa shape index (κ2) is 6.27. The number of nitrogens with one attached hydrogen (secondary N) is 1. The molecular weight excluding hydrogens is 292 g/mol. The van der Waals surface area contributed by atoms with Crippen LogP contribution in [0.15, 0.2) is 23.1 Å². The van der Waals surface area contributed by atoms with E-state index in [9.17, 15) is 22.0 Å². The number of carbonyl (C=O) groups is 1. The molecule has 0 amide bonds. The van der Waals surface area contributed by atoms with Crippen molar-refractivity contribution in [1.29, 1.82) is 0 Å². The van der Waals surface area contributed by atoms with Crippen LogP contribution in [-0.4, -0.2) is 26.0 Å². The number of sulfonamides is 1. The molecule has 1 unspecified atom stereocenters. The Kier molecular flexibility index (Phi) is 5.18. The molecule has 1 aromatic rings. The molecule has 2 N–H and O–H groups in total. The van der Waals surface area contributed by atoms with Gasteiger partial charge in [-0.3, -0.25) is 4.79 Å². The van der Waals surface area contributed by atoms with Gasteiger partial charge in [-0.25, -0.2) is 21.9 Å². The van der Waals surface area contributed by atoms with Crippen LogP contribution in [0.2, 0.25) is 0 Å². The number of hydrogen-bond donors (Lipinski definition) is 2. The summed E-state index contributed by atoms with van der Waals surface area (Å²) in [6, 6.07) is 2.67. The van der Waals surface area contributed by atoms with E-state index in [0.29, 0.717) is 0 Å². The first-order valence-electron chi connectivity index (χ1n) is 5.83. The second-order valence-corrected chi connectivity index (χ2v) is 6.30. The van der Waals surface area contributed by atoms with Crippen LogP contribution in [0.1, 0.15) is 13.8 Å². The third kappa shape index (κ3) is 3.73. The predicted molar refractivity (Wildman–Crippen MR) is 67.5 cm³/mol. The van der Waals surface area contributed by atoms with Gasteiger partial charge in [-0.1, -0.05) is 19.9 Å². The smallest absolute Gasteiger partial charge is 0.308 e. The van der Waals surface area contributed by atoms with Gasteiger partial charge in [0.1, 0.15) is 11.6 Å². The summed E-state index contributed by atoms with van der Waals surface area (Å²) in [5.41, 5.74) is 0. The Hall–Kier alpha value is -1.54. The number of rotatable bonds is 6. The highest BCUT2D eigenvalue weighted by Crippen LogP contribution is 2.19. The predicted octanol–water partition coefficient (Wildman–Crippen LogP) is 1.60. The number of benzene rings is 1. The molecule has 0 fully saturated rings. The summed E-state index contributed by atoms with van der Waals surface area (Å²) in [5.74, 6) is -4.96. The summed E-state index contributed by atoms with van der Waals surface area (Å²) in [5, 5.41) is 8.94. The fraction of sp³-hybridized carbons (Fsp3) is 0.417. The lowest BCUT2D eigenvalue weighted by atomic mass is 9.97. The average Bonchev–Trinajstić information content (AvgIpc) is 2.26. The van der Waals surface area contributed by atoms with Gasteiger partial charge in [0.05, 0.1) is 5.92 Å². The zero-order valence-electron chi connectivity index (χ0n) is 10.9. The largest absolute Gasteiger partial charge is 0.481 e. The molecule has 0 radical (unpaired) electrons. The zero-order valence-corrected chi connectivity index (χ0v) is 11.7. The van der Waals surface area contributed by atoms with Crippen molar-refractivity contribution in [3.63, 3.8) is 0 Å². The standard InChI is InChI=1S/C12H15F2NO4S/c1-7(2)8(12(16)17)6-15-20(18,19)11-9(13)4-3-5-10(11)14/h3-5,7-8,15H,6H2,1-2H3,(H,16,17). The third-order valence-electron chi connectivity index (χ3n) is 2.80. The van der Waals surface area contributed by atoms with Crippen LogP contribution < -0.4 is 4.72 Å². The van der Waals surface area contributed by atoms with Gasteiger partial charge in [0.15, 0.2) is 4.90 Å². The van der Waals surface area contributed by atoms with Crippen molar-refractivity contribution >= 4 is 16.0 Å². The molecule has 0 saturated heterocycles. The van der Waals surface area contributed by atoms with Gasteiger partial charge in [-0.15, -0.1) is 0 Å². The van der Waals surface area contributed by atoms with E-state index in [2.05, 4.69) is 0 Å². The van der Waals surface area contributed by atoms with Gasteiger partial charge in [0, 0.05) is 6.54 Å². The molecule has 0 heterocycles. The van der Waals surface area contributed by atoms with Crippen LogP contribution >= 0.6 is 0 Å². The lowest BCUT2D eigenvalue weighted by Gasteiger charge is -2.17. The van der Waals surface area contributed by atoms with Gasteiger partial charge in [0.2, 0.25) is 10.0 Å². The summed E-state index contributed by atoms with van der Waals surface area (Å²) < 4.78 is 52.4. The van der Waals surface area contributed by atoms with E-state index in [-0.39, 0.29) is 5.92 Å². The van der Waals surface area contributed by atoms with E-state index >= 15 is 0 Å². The highest BCUT2D eigenvalue weighted by atomic mass is 32.2. The lowest BCUT2D eigenvalue weighted by Crippen LogP contribution is -2.36. The summed E-state index contributed by atoms with van der Waals surface area (Å²) in [6.07, 6.45) is 0. The minimum atomic E-state index is -4.45. The summed E-state index contributed by atoms with van der Waals surface area (Å²) in [4.78, 5) is 9.84. The molecule has 0 bridgehead atoms. The molecule has 5 nitrogen and oxygen atoms in total. The lowest BCUT2D eigenvalue weighted by molar-refractivity contribution is -0.142. The summed E-state index contributed by atoms with van der Waals surface area (Å²) in [7, 11) is -4.45. The molecule has 8 heteroatoms. The van der Waals surface area contributed by atoms with Gasteiger partial charge in [-0.2, -0.15) is 0 Å². The Morgan fingerprint density at radius 2 is 1.80 bits per heavy atom. The van der Waals surface area contributed by atoms with E-state index in [0.717, 1.165) is 18.2 Å². The van der Waals surface area contributed by atoms with Crippen LogP contribution in [0.3, 0.4) is 0 Å². The van der Waals surface area contributed by atoms with Crippen LogP contribution in [0.25, 0.3) is 0 Å². The molecule has 0 aliphatic heterocycles. The fourth-order valence-electron chi connectivity index (χ4n) is 1.62. The van der Waals surface area contributed by atoms with Gasteiger partial charge in [0.25, 0.3) is 0 Å². The maximum Gasteiger partial charge on any atom is 0.308 e. The topological polar surface area (TPSA) is 83.5 Å². The SMILES string of the molecule is CC(C)C(CNS(=O)(=O)c1c(F)cccc1F)C(=O)O. The Morgan fingerprint density at radius 3 is 2.20 bits per heavy atom. The minimum absolute atomic E-state index is 0.333. The van der Waals surface area contributed by atoms with Crippen molar-refractivity contribution in [2.75, 3.05) is 6.54 Å². The van der Waals surface area contributed by atoms with Gasteiger partial charge in [-0.05, 0) is 18.1 Å². The van der Waals surface area contributed by atoms with Crippen LogP contribution in [-0.2, 0) is 14.8 Å². The van der Waals surface area contributed by atoms with Gasteiger partial charge < -0.3 is 5.11 Å². The first kappa shape index (κ1) is 16.5. The maximum atomic E-state index is 13.4. The van der Waals surface area contributed by atoms with Crippen molar-refractivity contribution in [3.8, 4) is 0 Å². The van der Waals surface area contributed by atoms with Crippen molar-refractivity contribution < 1.29 is 27.1 Å². The zero-order chi connectivity index (χ0) is 15.5. The number of hydrogen-bond acceptors (Lipinski definition) is 3. The van der Waals surface area contributed by atoms with E-state index in [1.54, 1.807) is 13.8 Å². The number of aliphatic carboxylic acids is 1. The molecule has 0 aromatic heterocycles. The molecule has 0 saturated carbocycles. The molecule has 1 aromatic carbocycles. The van der Waals surface area contributed by atoms with Gasteiger partial charge >= 0.3 is 5.97 Å². The summed E-state index contributed by atoms with van der Waals surface area (Å²) >= 11 is 0. The molecule has 1 atom stereocenters. The second-order valence-electron chi connectivity index (χ2n) is 4.59. The number of carboxylic acid groups (broad SMARTS) is 1.